The van der Waals surface area contributed by atoms with Gasteiger partial charge in [-0.05, 0) is 42.0 Å². The van der Waals surface area contributed by atoms with E-state index in [1.54, 1.807) is 25.0 Å². The largest absolute Gasteiger partial charge is 0.493 e. The van der Waals surface area contributed by atoms with Crippen LogP contribution in [0.25, 0.3) is 0 Å². The molecular weight excluding hydrogens is 384 g/mol. The van der Waals surface area contributed by atoms with Crippen molar-refractivity contribution in [3.63, 3.8) is 0 Å². The highest BCUT2D eigenvalue weighted by Crippen LogP contribution is 2.42. The predicted molar refractivity (Wildman–Crippen MR) is 112 cm³/mol. The van der Waals surface area contributed by atoms with Crippen molar-refractivity contribution in [3.05, 3.63) is 64.9 Å². The van der Waals surface area contributed by atoms with Crippen LogP contribution in [0.2, 0.25) is 0 Å². The number of para-hydroxylation sites is 2. The lowest BCUT2D eigenvalue weighted by molar-refractivity contribution is -0.113. The van der Waals surface area contributed by atoms with Gasteiger partial charge in [0.1, 0.15) is 6.04 Å². The van der Waals surface area contributed by atoms with Crippen LogP contribution in [0.15, 0.2) is 53.7 Å². The van der Waals surface area contributed by atoms with Gasteiger partial charge >= 0.3 is 0 Å². The Hall–Kier alpha value is -3.88. The highest BCUT2D eigenvalue weighted by atomic mass is 16.5. The number of hydrogen-bond acceptors (Lipinski definition) is 7. The molecule has 154 valence electrons. The Morgan fingerprint density at radius 3 is 2.63 bits per heavy atom. The number of anilines is 2. The number of tetrazole rings is 1. The van der Waals surface area contributed by atoms with Gasteiger partial charge in [-0.3, -0.25) is 4.79 Å². The Labute approximate surface area is 173 Å². The fourth-order valence-corrected chi connectivity index (χ4v) is 3.62. The first kappa shape index (κ1) is 19.4. The van der Waals surface area contributed by atoms with E-state index >= 15 is 0 Å². The van der Waals surface area contributed by atoms with Gasteiger partial charge < -0.3 is 20.1 Å². The molecule has 4 rings (SSSR count). The van der Waals surface area contributed by atoms with Gasteiger partial charge in [0.2, 0.25) is 5.95 Å². The molecule has 2 aromatic carbocycles. The van der Waals surface area contributed by atoms with Crippen molar-refractivity contribution >= 4 is 17.5 Å². The highest BCUT2D eigenvalue weighted by molar-refractivity contribution is 6.06. The molecule has 1 aliphatic rings. The fraction of sp³-hybridized carbons (Fsp3) is 0.238. The molecule has 1 aromatic heterocycles. The van der Waals surface area contributed by atoms with Crippen LogP contribution in [-0.4, -0.2) is 40.3 Å². The number of hydrogen-bond donors (Lipinski definition) is 2. The van der Waals surface area contributed by atoms with E-state index in [9.17, 15) is 4.79 Å². The van der Waals surface area contributed by atoms with Gasteiger partial charge in [-0.25, -0.2) is 0 Å². The van der Waals surface area contributed by atoms with Crippen LogP contribution in [0.5, 0.6) is 11.5 Å². The Morgan fingerprint density at radius 1 is 1.10 bits per heavy atom. The molecule has 0 saturated heterocycles. The summed E-state index contributed by atoms with van der Waals surface area (Å²) in [7, 11) is 3.13. The minimum atomic E-state index is -0.606. The third-order valence-electron chi connectivity index (χ3n) is 5.08. The second-order valence-electron chi connectivity index (χ2n) is 6.87. The van der Waals surface area contributed by atoms with Gasteiger partial charge in [0.05, 0.1) is 19.8 Å². The number of rotatable bonds is 5. The van der Waals surface area contributed by atoms with Crippen molar-refractivity contribution < 1.29 is 14.3 Å². The molecule has 0 unspecified atom stereocenters. The van der Waals surface area contributed by atoms with Crippen LogP contribution in [-0.2, 0) is 4.79 Å². The minimum Gasteiger partial charge on any atom is -0.493 e. The van der Waals surface area contributed by atoms with E-state index in [1.165, 1.54) is 0 Å². The minimum absolute atomic E-state index is 0.259. The van der Waals surface area contributed by atoms with Crippen LogP contribution in [0.3, 0.4) is 0 Å². The number of nitrogens with zero attached hydrogens (tertiary/aromatic N) is 4. The van der Waals surface area contributed by atoms with Crippen LogP contribution < -0.4 is 20.1 Å². The van der Waals surface area contributed by atoms with E-state index in [0.29, 0.717) is 34.3 Å². The average molecular weight is 406 g/mol. The number of benzene rings is 2. The summed E-state index contributed by atoms with van der Waals surface area (Å²) < 4.78 is 12.7. The van der Waals surface area contributed by atoms with Crippen molar-refractivity contribution in [1.82, 2.24) is 20.2 Å². The molecule has 1 atom stereocenters. The van der Waals surface area contributed by atoms with Gasteiger partial charge in [0, 0.05) is 16.9 Å². The topological polar surface area (TPSA) is 103 Å². The smallest absolute Gasteiger partial charge is 0.255 e. The van der Waals surface area contributed by atoms with Gasteiger partial charge in [-0.1, -0.05) is 35.4 Å². The molecule has 0 bridgehead atoms. The summed E-state index contributed by atoms with van der Waals surface area (Å²) in [5.41, 5.74) is 3.54. The van der Waals surface area contributed by atoms with E-state index in [2.05, 4.69) is 26.2 Å². The van der Waals surface area contributed by atoms with Crippen molar-refractivity contribution in [1.29, 1.82) is 0 Å². The molecule has 0 aliphatic carbocycles. The maximum Gasteiger partial charge on any atom is 0.255 e. The Morgan fingerprint density at radius 2 is 1.90 bits per heavy atom. The number of fused-ring (bicyclic) bond motifs is 1. The summed E-state index contributed by atoms with van der Waals surface area (Å²) in [5, 5.41) is 18.0. The molecule has 9 heteroatoms. The number of methoxy groups -OCH3 is 2. The van der Waals surface area contributed by atoms with Crippen molar-refractivity contribution in [2.45, 2.75) is 19.9 Å². The van der Waals surface area contributed by atoms with E-state index in [4.69, 9.17) is 9.47 Å². The Balaban J connectivity index is 1.84. The lowest BCUT2D eigenvalue weighted by Crippen LogP contribution is -2.32. The van der Waals surface area contributed by atoms with E-state index in [-0.39, 0.29) is 5.91 Å². The normalized spacial score (nSPS) is 15.3. The van der Waals surface area contributed by atoms with Crippen molar-refractivity contribution in [2.24, 2.45) is 0 Å². The lowest BCUT2D eigenvalue weighted by Gasteiger charge is -2.29. The molecule has 2 heterocycles. The quantitative estimate of drug-likeness (QED) is 0.671. The Kier molecular flexibility index (Phi) is 5.09. The molecule has 0 spiro atoms. The van der Waals surface area contributed by atoms with Crippen LogP contribution in [0, 0.1) is 6.92 Å². The standard InChI is InChI=1S/C21H22N6O3/c1-12-8-5-6-10-15(12)23-20(28)17-13(2)22-21-24-25-26-27(21)18(17)14-9-7-11-16(29-3)19(14)30-4/h5-11,18H,1-4H3,(H,23,28)(H,22,24,26)/t18-/m0/s1. The number of carbonyl (C=O) groups is 1. The molecule has 30 heavy (non-hydrogen) atoms. The predicted octanol–water partition coefficient (Wildman–Crippen LogP) is 2.93. The Bertz CT molecular complexity index is 1140. The molecular formula is C21H22N6O3. The van der Waals surface area contributed by atoms with Gasteiger partial charge in [-0.15, -0.1) is 0 Å². The van der Waals surface area contributed by atoms with Crippen LogP contribution >= 0.6 is 0 Å². The maximum absolute atomic E-state index is 13.4. The molecule has 0 radical (unpaired) electrons. The second-order valence-corrected chi connectivity index (χ2v) is 6.87. The summed E-state index contributed by atoms with van der Waals surface area (Å²) in [6.45, 7) is 3.77. The zero-order valence-electron chi connectivity index (χ0n) is 17.1. The lowest BCUT2D eigenvalue weighted by atomic mass is 9.93. The third-order valence-corrected chi connectivity index (χ3v) is 5.08. The van der Waals surface area contributed by atoms with Crippen molar-refractivity contribution in [3.8, 4) is 11.5 Å². The zero-order chi connectivity index (χ0) is 21.3. The summed E-state index contributed by atoms with van der Waals surface area (Å²) in [5.74, 6) is 1.25. The fourth-order valence-electron chi connectivity index (χ4n) is 3.62. The number of allylic oxidation sites excluding steroid dienone is 1. The van der Waals surface area contributed by atoms with Crippen molar-refractivity contribution in [2.75, 3.05) is 24.9 Å². The number of aryl methyl sites for hydroxylation is 1. The van der Waals surface area contributed by atoms with Gasteiger partial charge in [0.15, 0.2) is 11.5 Å². The summed E-state index contributed by atoms with van der Waals surface area (Å²) in [6, 6.07) is 12.5. The number of ether oxygens (including phenoxy) is 2. The number of carbonyl (C=O) groups excluding carboxylic acids is 1. The SMILES string of the molecule is COc1cccc([C@H]2C(C(=O)Nc3ccccc3C)=C(C)Nc3nnnn32)c1OC. The first-order chi connectivity index (χ1) is 14.5. The maximum atomic E-state index is 13.4. The van der Waals surface area contributed by atoms with Crippen LogP contribution in [0.1, 0.15) is 24.1 Å². The van der Waals surface area contributed by atoms with Crippen LogP contribution in [0.4, 0.5) is 11.6 Å². The second kappa shape index (κ2) is 7.86. The average Bonchev–Trinajstić information content (AvgIpc) is 3.21. The first-order valence-corrected chi connectivity index (χ1v) is 9.38. The molecule has 1 amide bonds. The first-order valence-electron chi connectivity index (χ1n) is 9.38. The molecule has 3 aromatic rings. The van der Waals surface area contributed by atoms with E-state index in [1.807, 2.05) is 50.2 Å². The molecule has 0 saturated carbocycles. The van der Waals surface area contributed by atoms with Gasteiger partial charge in [0.25, 0.3) is 5.91 Å². The van der Waals surface area contributed by atoms with E-state index < -0.39 is 6.04 Å². The third kappa shape index (κ3) is 3.24. The molecule has 1 aliphatic heterocycles. The number of amides is 1. The number of nitrogens with one attached hydrogen (secondary N) is 2. The molecule has 9 nitrogen and oxygen atoms in total. The summed E-state index contributed by atoms with van der Waals surface area (Å²) in [6.07, 6.45) is 0. The summed E-state index contributed by atoms with van der Waals surface area (Å²) in [4.78, 5) is 13.4. The van der Waals surface area contributed by atoms with Gasteiger partial charge in [-0.2, -0.15) is 4.68 Å². The number of aromatic nitrogens is 4. The zero-order valence-corrected chi connectivity index (χ0v) is 17.1. The highest BCUT2D eigenvalue weighted by Gasteiger charge is 2.36. The summed E-state index contributed by atoms with van der Waals surface area (Å²) >= 11 is 0. The monoisotopic (exact) mass is 406 g/mol. The molecule has 2 N–H and O–H groups in total. The molecule has 0 fully saturated rings. The van der Waals surface area contributed by atoms with E-state index in [0.717, 1.165) is 11.3 Å².